The summed E-state index contributed by atoms with van der Waals surface area (Å²) < 4.78 is 36.9. The first-order chi connectivity index (χ1) is 18.1. The smallest absolute Gasteiger partial charge is 0.404 e. The number of carbonyl (C=O) groups excluding carboxylic acids is 6. The van der Waals surface area contributed by atoms with E-state index in [1.54, 1.807) is 0 Å². The van der Waals surface area contributed by atoms with Crippen molar-refractivity contribution in [3.8, 4) is 0 Å². The van der Waals surface area contributed by atoms with E-state index in [4.69, 9.17) is 44.6 Å². The second-order valence-electron chi connectivity index (χ2n) is 8.56. The summed E-state index contributed by atoms with van der Waals surface area (Å²) in [7, 11) is 0. The van der Waals surface area contributed by atoms with Crippen molar-refractivity contribution in [1.29, 1.82) is 0 Å². The lowest BCUT2D eigenvalue weighted by Gasteiger charge is -2.47. The van der Waals surface area contributed by atoms with Crippen molar-refractivity contribution in [1.82, 2.24) is 5.32 Å². The van der Waals surface area contributed by atoms with E-state index in [9.17, 15) is 39.0 Å². The molecule has 0 aliphatic carbocycles. The van der Waals surface area contributed by atoms with Crippen LogP contribution in [0.2, 0.25) is 0 Å². The summed E-state index contributed by atoms with van der Waals surface area (Å²) in [6.45, 7) is 3.68. The number of hydrogen-bond donors (Lipinski definition) is 5. The van der Waals surface area contributed by atoms with Crippen molar-refractivity contribution in [3.63, 3.8) is 0 Å². The number of primary amides is 2. The molecule has 0 spiro atoms. The predicted molar refractivity (Wildman–Crippen MR) is 119 cm³/mol. The summed E-state index contributed by atoms with van der Waals surface area (Å²) in [5.41, 5.74) is 10.2. The van der Waals surface area contributed by atoms with Gasteiger partial charge >= 0.3 is 24.0 Å². The van der Waals surface area contributed by atoms with Gasteiger partial charge in [0.05, 0.1) is 0 Å². The van der Waals surface area contributed by atoms with Crippen molar-refractivity contribution in [2.45, 2.75) is 89.0 Å². The molecule has 18 nitrogen and oxygen atoms in total. The summed E-state index contributed by atoms with van der Waals surface area (Å²) >= 11 is 0. The molecule has 0 saturated carbocycles. The predicted octanol–water partition coefficient (Wildman–Crippen LogP) is -3.94. The maximum atomic E-state index is 12.1. The van der Waals surface area contributed by atoms with Gasteiger partial charge in [0.15, 0.2) is 43.1 Å². The van der Waals surface area contributed by atoms with E-state index < -0.39 is 104 Å². The van der Waals surface area contributed by atoms with Crippen molar-refractivity contribution >= 4 is 35.8 Å². The molecule has 2 saturated heterocycles. The fourth-order valence-electron chi connectivity index (χ4n) is 4.05. The van der Waals surface area contributed by atoms with Gasteiger partial charge in [0.25, 0.3) is 0 Å². The molecule has 0 radical (unpaired) electrons. The van der Waals surface area contributed by atoms with Gasteiger partial charge in [0.1, 0.15) is 24.9 Å². The van der Waals surface area contributed by atoms with Crippen LogP contribution in [0, 0.1) is 0 Å². The minimum absolute atomic E-state index is 0.561. The maximum Gasteiger partial charge on any atom is 0.404 e. The molecule has 2 fully saturated rings. The second kappa shape index (κ2) is 13.5. The van der Waals surface area contributed by atoms with Crippen LogP contribution < -0.4 is 16.8 Å². The van der Waals surface area contributed by atoms with E-state index in [0.29, 0.717) is 0 Å². The van der Waals surface area contributed by atoms with E-state index in [-0.39, 0.29) is 0 Å². The fourth-order valence-corrected chi connectivity index (χ4v) is 4.05. The van der Waals surface area contributed by atoms with Crippen molar-refractivity contribution in [2.24, 2.45) is 11.5 Å². The van der Waals surface area contributed by atoms with Crippen LogP contribution >= 0.6 is 0 Å². The van der Waals surface area contributed by atoms with E-state index in [1.165, 1.54) is 0 Å². The summed E-state index contributed by atoms with van der Waals surface area (Å²) in [6.07, 6.45) is -17.2. The lowest BCUT2D eigenvalue weighted by Crippen LogP contribution is -2.69. The van der Waals surface area contributed by atoms with Gasteiger partial charge in [-0.05, 0) is 0 Å². The highest BCUT2D eigenvalue weighted by molar-refractivity contribution is 5.80. The quantitative estimate of drug-likeness (QED) is 0.132. The van der Waals surface area contributed by atoms with E-state index in [2.05, 4.69) is 5.32 Å². The number of hydrogen-bond acceptors (Lipinski definition) is 15. The molecule has 3 amide bonds. The number of nitrogens with two attached hydrogens (primary N) is 2. The Labute approximate surface area is 221 Å². The molecular formula is C21H31N3O15. The van der Waals surface area contributed by atoms with Crippen LogP contribution in [0.4, 0.5) is 4.79 Å². The van der Waals surface area contributed by atoms with Gasteiger partial charge in [-0.1, -0.05) is 0 Å². The van der Waals surface area contributed by atoms with Gasteiger partial charge in [-0.15, -0.1) is 0 Å². The minimum atomic E-state index is -2.10. The van der Waals surface area contributed by atoms with Gasteiger partial charge in [0.2, 0.25) is 11.8 Å². The summed E-state index contributed by atoms with van der Waals surface area (Å²) in [5.74, 6) is -4.40. The number of amides is 3. The molecule has 220 valence electrons. The number of rotatable bonds is 9. The highest BCUT2D eigenvalue weighted by atomic mass is 16.7. The third-order valence-electron chi connectivity index (χ3n) is 5.43. The number of carbonyl (C=O) groups is 6. The van der Waals surface area contributed by atoms with Crippen LogP contribution in [0.15, 0.2) is 0 Å². The molecule has 0 aromatic heterocycles. The average Bonchev–Trinajstić information content (AvgIpc) is 2.79. The molecule has 0 aromatic carbocycles. The number of aliphatic hydroxyl groups is 2. The lowest BCUT2D eigenvalue weighted by atomic mass is 9.95. The first-order valence-corrected chi connectivity index (χ1v) is 11.4. The number of esters is 3. The van der Waals surface area contributed by atoms with E-state index in [1.807, 2.05) is 0 Å². The fraction of sp³-hybridized carbons (Fsp3) is 0.714. The van der Waals surface area contributed by atoms with E-state index >= 15 is 0 Å². The Bertz CT molecular complexity index is 961. The molecule has 2 aliphatic rings. The SMILES string of the molecule is CC(=O)N[C@H]1[C@H](O[C@H]2C(O)O[C@H](C(N)=O)[C@@H](O)[C@@H]2OC(N)=O)O[C@H](COC(C)=O)[C@@H](OC(C)=O)[C@@H]1OC(C)=O. The molecule has 2 rings (SSSR count). The molecular weight excluding hydrogens is 534 g/mol. The topological polar surface area (TPSA) is 272 Å². The maximum absolute atomic E-state index is 12.1. The standard InChI is InChI=1S/C21H31N3O15/c1-6(25)24-11-14(35-9(4)28)13(34-8(3)27)10(5-33-7(2)26)36-20(11)38-17-15(39-21(23)32)12(29)16(18(22)30)37-19(17)31/h10-17,19-20,29,31H,5H2,1-4H3,(H2,22,30)(H2,23,32)(H,24,25)/t10-,11-,12+,13-,14-,15+,16+,17-,19?,20+/m1/s1. The van der Waals surface area contributed by atoms with Crippen LogP contribution in [0.5, 0.6) is 0 Å². The third-order valence-corrected chi connectivity index (χ3v) is 5.43. The molecule has 10 atom stereocenters. The van der Waals surface area contributed by atoms with Crippen LogP contribution in [-0.4, -0.2) is 114 Å². The molecule has 7 N–H and O–H groups in total. The Morgan fingerprint density at radius 3 is 1.87 bits per heavy atom. The molecule has 1 unspecified atom stereocenters. The summed E-state index contributed by atoms with van der Waals surface area (Å²) in [5, 5.41) is 23.5. The third kappa shape index (κ3) is 8.45. The molecule has 18 heteroatoms. The highest BCUT2D eigenvalue weighted by Crippen LogP contribution is 2.32. The van der Waals surface area contributed by atoms with Gasteiger partial charge < -0.3 is 60.2 Å². The second-order valence-corrected chi connectivity index (χ2v) is 8.56. The molecule has 2 aliphatic heterocycles. The van der Waals surface area contributed by atoms with Crippen LogP contribution in [0.1, 0.15) is 27.7 Å². The summed E-state index contributed by atoms with van der Waals surface area (Å²) in [4.78, 5) is 70.5. The van der Waals surface area contributed by atoms with Gasteiger partial charge in [-0.2, -0.15) is 0 Å². The van der Waals surface area contributed by atoms with Crippen LogP contribution in [0.3, 0.4) is 0 Å². The number of nitrogens with one attached hydrogen (secondary N) is 1. The van der Waals surface area contributed by atoms with Crippen molar-refractivity contribution in [3.05, 3.63) is 0 Å². The largest absolute Gasteiger partial charge is 0.463 e. The van der Waals surface area contributed by atoms with Gasteiger partial charge in [-0.3, -0.25) is 24.0 Å². The van der Waals surface area contributed by atoms with Crippen molar-refractivity contribution in [2.75, 3.05) is 6.61 Å². The van der Waals surface area contributed by atoms with E-state index in [0.717, 1.165) is 27.7 Å². The monoisotopic (exact) mass is 565 g/mol. The first kappa shape index (κ1) is 31.6. The Hall–Kier alpha value is -3.58. The molecule has 2 heterocycles. The van der Waals surface area contributed by atoms with Gasteiger partial charge in [-0.25, -0.2) is 4.79 Å². The Kier molecular flexibility index (Phi) is 10.9. The van der Waals surface area contributed by atoms with Gasteiger partial charge in [0, 0.05) is 27.7 Å². The van der Waals surface area contributed by atoms with Crippen LogP contribution in [0.25, 0.3) is 0 Å². The lowest BCUT2D eigenvalue weighted by molar-refractivity contribution is -0.342. The minimum Gasteiger partial charge on any atom is -0.463 e. The average molecular weight is 565 g/mol. The zero-order valence-electron chi connectivity index (χ0n) is 21.3. The molecule has 0 bridgehead atoms. The normalized spacial score (nSPS) is 34.2. The Morgan fingerprint density at radius 1 is 0.795 bits per heavy atom. The number of aliphatic hydroxyl groups excluding tert-OH is 2. The summed E-state index contributed by atoms with van der Waals surface area (Å²) in [6, 6.07) is -1.48. The first-order valence-electron chi connectivity index (χ1n) is 11.4. The zero-order chi connectivity index (χ0) is 29.6. The molecule has 39 heavy (non-hydrogen) atoms. The van der Waals surface area contributed by atoms with Crippen LogP contribution in [-0.2, 0) is 57.1 Å². The molecule has 0 aromatic rings. The highest BCUT2D eigenvalue weighted by Gasteiger charge is 2.55. The van der Waals surface area contributed by atoms with Crippen molar-refractivity contribution < 1.29 is 72.1 Å². The Morgan fingerprint density at radius 2 is 1.38 bits per heavy atom. The zero-order valence-corrected chi connectivity index (χ0v) is 21.3. The Balaban J connectivity index is 2.53. The number of ether oxygens (including phenoxy) is 7.